The van der Waals surface area contributed by atoms with Gasteiger partial charge in [-0.05, 0) is 18.6 Å². The number of aliphatic carboxylic acids is 1. The summed E-state index contributed by atoms with van der Waals surface area (Å²) in [4.78, 5) is 34.9. The highest BCUT2D eigenvalue weighted by Gasteiger charge is 2.40. The van der Waals surface area contributed by atoms with Crippen LogP contribution in [-0.2, 0) is 4.79 Å². The largest absolute Gasteiger partial charge is 0.480 e. The van der Waals surface area contributed by atoms with E-state index < -0.39 is 28.9 Å². The van der Waals surface area contributed by atoms with Crippen molar-refractivity contribution in [1.82, 2.24) is 4.90 Å². The van der Waals surface area contributed by atoms with Crippen molar-refractivity contribution in [2.75, 3.05) is 6.54 Å². The van der Waals surface area contributed by atoms with Crippen LogP contribution < -0.4 is 0 Å². The number of hydrogen-bond donors (Lipinski definition) is 2. The zero-order chi connectivity index (χ0) is 15.7. The highest BCUT2D eigenvalue weighted by molar-refractivity contribution is 6.00. The number of likely N-dealkylation sites (tertiary alicyclic amines) is 1. The molecule has 0 radical (unpaired) electrons. The van der Waals surface area contributed by atoms with Gasteiger partial charge in [-0.25, -0.2) is 4.79 Å². The van der Waals surface area contributed by atoms with Crippen LogP contribution >= 0.6 is 0 Å². The number of hydrogen-bond acceptors (Lipinski definition) is 5. The molecule has 1 aliphatic heterocycles. The number of aliphatic hydroxyl groups is 1. The van der Waals surface area contributed by atoms with Crippen molar-refractivity contribution in [2.45, 2.75) is 25.5 Å². The van der Waals surface area contributed by atoms with Gasteiger partial charge in [-0.1, -0.05) is 6.07 Å². The van der Waals surface area contributed by atoms with Crippen molar-refractivity contribution < 1.29 is 24.7 Å². The van der Waals surface area contributed by atoms with Gasteiger partial charge in [0.05, 0.1) is 11.0 Å². The van der Waals surface area contributed by atoms with Gasteiger partial charge in [0, 0.05) is 19.0 Å². The van der Waals surface area contributed by atoms with Crippen LogP contribution in [0.3, 0.4) is 0 Å². The predicted octanol–water partition coefficient (Wildman–Crippen LogP) is 0.563. The monoisotopic (exact) mass is 294 g/mol. The normalized spacial score (nSPS) is 21.3. The quantitative estimate of drug-likeness (QED) is 0.620. The van der Waals surface area contributed by atoms with Crippen molar-refractivity contribution >= 4 is 17.6 Å². The fourth-order valence-corrected chi connectivity index (χ4v) is 2.41. The van der Waals surface area contributed by atoms with Gasteiger partial charge in [-0.2, -0.15) is 0 Å². The molecule has 1 amide bonds. The minimum Gasteiger partial charge on any atom is -0.480 e. The molecule has 1 saturated heterocycles. The minimum atomic E-state index is -1.24. The molecule has 1 aromatic carbocycles. The van der Waals surface area contributed by atoms with E-state index in [2.05, 4.69) is 0 Å². The number of aryl methyl sites for hydroxylation is 1. The molecule has 2 atom stereocenters. The van der Waals surface area contributed by atoms with Gasteiger partial charge < -0.3 is 15.1 Å². The Morgan fingerprint density at radius 2 is 2.10 bits per heavy atom. The summed E-state index contributed by atoms with van der Waals surface area (Å²) in [5, 5.41) is 29.6. The highest BCUT2D eigenvalue weighted by atomic mass is 16.6. The molecule has 112 valence electrons. The van der Waals surface area contributed by atoms with Gasteiger partial charge in [0.15, 0.2) is 0 Å². The number of carbonyl (C=O) groups is 2. The zero-order valence-corrected chi connectivity index (χ0v) is 11.2. The van der Waals surface area contributed by atoms with Gasteiger partial charge >= 0.3 is 5.97 Å². The molecule has 2 rings (SSSR count). The van der Waals surface area contributed by atoms with Gasteiger partial charge in [0.25, 0.3) is 11.6 Å². The van der Waals surface area contributed by atoms with Gasteiger partial charge in [-0.3, -0.25) is 14.9 Å². The Kier molecular flexibility index (Phi) is 3.90. The number of benzene rings is 1. The predicted molar refractivity (Wildman–Crippen MR) is 70.9 cm³/mol. The number of aliphatic hydroxyl groups excluding tert-OH is 1. The van der Waals surface area contributed by atoms with Crippen LogP contribution in [-0.4, -0.2) is 50.6 Å². The molecule has 8 heteroatoms. The van der Waals surface area contributed by atoms with Crippen LogP contribution in [0.4, 0.5) is 5.69 Å². The second kappa shape index (κ2) is 5.49. The molecule has 21 heavy (non-hydrogen) atoms. The Morgan fingerprint density at radius 3 is 2.67 bits per heavy atom. The van der Waals surface area contributed by atoms with Crippen LogP contribution in [0.15, 0.2) is 18.2 Å². The summed E-state index contributed by atoms with van der Waals surface area (Å²) in [5.74, 6) is -2.00. The Morgan fingerprint density at radius 1 is 1.43 bits per heavy atom. The topological polar surface area (TPSA) is 121 Å². The van der Waals surface area contributed by atoms with Crippen LogP contribution in [0.2, 0.25) is 0 Å². The molecule has 1 aromatic rings. The maximum atomic E-state index is 12.4. The Hall–Kier alpha value is -2.48. The molecule has 0 saturated carbocycles. The molecule has 1 fully saturated rings. The van der Waals surface area contributed by atoms with Crippen LogP contribution in [0.5, 0.6) is 0 Å². The molecular weight excluding hydrogens is 280 g/mol. The molecule has 2 N–H and O–H groups in total. The molecular formula is C13H14N2O6. The maximum absolute atomic E-state index is 12.4. The van der Waals surface area contributed by atoms with Gasteiger partial charge in [-0.15, -0.1) is 0 Å². The van der Waals surface area contributed by atoms with Gasteiger partial charge in [0.2, 0.25) is 0 Å². The fourth-order valence-electron chi connectivity index (χ4n) is 2.41. The Balaban J connectivity index is 2.42. The third kappa shape index (κ3) is 2.84. The number of β-amino-alcohol motifs (C(OH)–C–C–N with tert-alkyl or cyclic N) is 1. The minimum absolute atomic E-state index is 0.0827. The molecule has 8 nitrogen and oxygen atoms in total. The second-order valence-corrected chi connectivity index (χ2v) is 4.98. The molecule has 0 unspecified atom stereocenters. The van der Waals surface area contributed by atoms with E-state index in [0.29, 0.717) is 5.56 Å². The Labute approximate surface area is 119 Å². The first-order valence-corrected chi connectivity index (χ1v) is 6.28. The molecule has 0 bridgehead atoms. The van der Waals surface area contributed by atoms with Crippen molar-refractivity contribution in [3.63, 3.8) is 0 Å². The van der Waals surface area contributed by atoms with E-state index in [1.807, 2.05) is 0 Å². The lowest BCUT2D eigenvalue weighted by molar-refractivity contribution is -0.385. The number of carboxylic acid groups (broad SMARTS) is 1. The van der Waals surface area contributed by atoms with Gasteiger partial charge in [0.1, 0.15) is 11.6 Å². The smallest absolute Gasteiger partial charge is 0.326 e. The molecule has 1 heterocycles. The van der Waals surface area contributed by atoms with E-state index >= 15 is 0 Å². The second-order valence-electron chi connectivity index (χ2n) is 4.98. The summed E-state index contributed by atoms with van der Waals surface area (Å²) >= 11 is 0. The van der Waals surface area contributed by atoms with Crippen molar-refractivity contribution in [1.29, 1.82) is 0 Å². The van der Waals surface area contributed by atoms with Crippen LogP contribution in [0, 0.1) is 17.0 Å². The summed E-state index contributed by atoms with van der Waals surface area (Å²) in [6.07, 6.45) is -1.03. The number of carbonyl (C=O) groups excluding carboxylic acids is 1. The van der Waals surface area contributed by atoms with E-state index in [9.17, 15) is 24.8 Å². The third-order valence-electron chi connectivity index (χ3n) is 3.40. The first-order valence-electron chi connectivity index (χ1n) is 6.28. The maximum Gasteiger partial charge on any atom is 0.326 e. The average Bonchev–Trinajstić information content (AvgIpc) is 2.79. The summed E-state index contributed by atoms with van der Waals surface area (Å²) in [6, 6.07) is 2.89. The summed E-state index contributed by atoms with van der Waals surface area (Å²) < 4.78 is 0. The number of nitrogens with zero attached hydrogens (tertiary/aromatic N) is 2. The lowest BCUT2D eigenvalue weighted by atomic mass is 10.1. The summed E-state index contributed by atoms with van der Waals surface area (Å²) in [6.45, 7) is 1.52. The SMILES string of the molecule is Cc1ccc([N+](=O)[O-])c(C(=O)N2C[C@H](O)C[C@@H]2C(=O)O)c1. The van der Waals surface area contributed by atoms with E-state index in [1.54, 1.807) is 6.92 Å². The average molecular weight is 294 g/mol. The fraction of sp³-hybridized carbons (Fsp3) is 0.385. The number of carboxylic acids is 1. The Bertz CT molecular complexity index is 615. The lowest BCUT2D eigenvalue weighted by Gasteiger charge is -2.21. The standard InChI is InChI=1S/C13H14N2O6/c1-7-2-3-10(15(20)21)9(4-7)12(17)14-6-8(16)5-11(14)13(18)19/h2-4,8,11,16H,5-6H2,1H3,(H,18,19)/t8-,11-/m1/s1. The van der Waals surface area contributed by atoms with Crippen LogP contribution in [0.1, 0.15) is 22.3 Å². The number of rotatable bonds is 3. The molecule has 0 aromatic heterocycles. The van der Waals surface area contributed by atoms with E-state index in [0.717, 1.165) is 4.90 Å². The number of amides is 1. The summed E-state index contributed by atoms with van der Waals surface area (Å²) in [5.41, 5.74) is 0.104. The van der Waals surface area contributed by atoms with Crippen molar-refractivity contribution in [3.05, 3.63) is 39.4 Å². The lowest BCUT2D eigenvalue weighted by Crippen LogP contribution is -2.40. The highest BCUT2D eigenvalue weighted by Crippen LogP contribution is 2.26. The molecule has 1 aliphatic rings. The van der Waals surface area contributed by atoms with Crippen molar-refractivity contribution in [3.8, 4) is 0 Å². The van der Waals surface area contributed by atoms with Crippen LogP contribution in [0.25, 0.3) is 0 Å². The third-order valence-corrected chi connectivity index (χ3v) is 3.40. The van der Waals surface area contributed by atoms with E-state index in [4.69, 9.17) is 5.11 Å². The van der Waals surface area contributed by atoms with E-state index in [1.165, 1.54) is 18.2 Å². The summed E-state index contributed by atoms with van der Waals surface area (Å²) in [7, 11) is 0. The first-order chi connectivity index (χ1) is 9.81. The number of nitro benzene ring substituents is 1. The van der Waals surface area contributed by atoms with E-state index in [-0.39, 0.29) is 24.2 Å². The molecule has 0 spiro atoms. The zero-order valence-electron chi connectivity index (χ0n) is 11.2. The first kappa shape index (κ1) is 14.9. The molecule has 0 aliphatic carbocycles. The number of nitro groups is 1. The van der Waals surface area contributed by atoms with Crippen molar-refractivity contribution in [2.24, 2.45) is 0 Å².